The molecular weight excluding hydrogens is 346 g/mol. The number of β-amino-alcohol motifs (C(OH)–C–C–N with tert-alkyl or cyclic N) is 1. The lowest BCUT2D eigenvalue weighted by Gasteiger charge is -2.27. The van der Waals surface area contributed by atoms with E-state index in [9.17, 15) is 20.1 Å². The van der Waals surface area contributed by atoms with Crippen molar-refractivity contribution in [2.24, 2.45) is 0 Å². The van der Waals surface area contributed by atoms with E-state index in [2.05, 4.69) is 31.2 Å². The van der Waals surface area contributed by atoms with Gasteiger partial charge in [0, 0.05) is 18.9 Å². The number of aliphatic carboxylic acids is 1. The zero-order chi connectivity index (χ0) is 19.6. The van der Waals surface area contributed by atoms with Crippen LogP contribution in [0.5, 0.6) is 0 Å². The van der Waals surface area contributed by atoms with Crippen LogP contribution in [0, 0.1) is 0 Å². The van der Waals surface area contributed by atoms with Gasteiger partial charge in [0.2, 0.25) is 6.41 Å². The lowest BCUT2D eigenvalue weighted by Crippen LogP contribution is -2.45. The number of fused-ring (bicyclic) bond motifs is 1. The Hall–Kier alpha value is -1.99. The van der Waals surface area contributed by atoms with E-state index >= 15 is 0 Å². The van der Waals surface area contributed by atoms with E-state index in [-0.39, 0.29) is 25.5 Å². The molecule has 1 aromatic carbocycles. The van der Waals surface area contributed by atoms with Crippen LogP contribution >= 0.6 is 0 Å². The van der Waals surface area contributed by atoms with Crippen molar-refractivity contribution in [3.8, 4) is 0 Å². The highest BCUT2D eigenvalue weighted by atomic mass is 16.6. The number of allylic oxidation sites excluding steroid dienone is 3. The van der Waals surface area contributed by atoms with Gasteiger partial charge in [-0.15, -0.1) is 0 Å². The largest absolute Gasteiger partial charge is 0.480 e. The number of carboxylic acids is 1. The summed E-state index contributed by atoms with van der Waals surface area (Å²) in [5.41, 5.74) is 4.67. The summed E-state index contributed by atoms with van der Waals surface area (Å²) in [4.78, 5) is 12.7. The van der Waals surface area contributed by atoms with Crippen LogP contribution in [0.3, 0.4) is 0 Å². The quantitative estimate of drug-likeness (QED) is 0.663. The molecule has 3 rings (SSSR count). The van der Waals surface area contributed by atoms with Gasteiger partial charge in [-0.1, -0.05) is 43.3 Å². The van der Waals surface area contributed by atoms with Crippen LogP contribution in [0.1, 0.15) is 43.7 Å². The fraction of sp³-hybridized carbons (Fsp3) is 0.476. The first-order valence-electron chi connectivity index (χ1n) is 9.40. The monoisotopic (exact) mass is 373 g/mol. The maximum atomic E-state index is 11.4. The van der Waals surface area contributed by atoms with Gasteiger partial charge in [0.25, 0.3) is 0 Å². The number of hydrogen-bond acceptors (Lipinski definition) is 5. The predicted molar refractivity (Wildman–Crippen MR) is 102 cm³/mol. The number of carbonyl (C=O) groups is 1. The Labute approximate surface area is 159 Å². The average molecular weight is 373 g/mol. The molecule has 1 heterocycles. The highest BCUT2D eigenvalue weighted by molar-refractivity contribution is 5.87. The molecule has 0 radical (unpaired) electrons. The van der Waals surface area contributed by atoms with Crippen LogP contribution in [-0.4, -0.2) is 57.9 Å². The number of aliphatic hydroxyl groups excluding tert-OH is 2. The molecule has 27 heavy (non-hydrogen) atoms. The number of likely N-dealkylation sites (tertiary alicyclic amines) is 1. The molecule has 2 aliphatic rings. The third kappa shape index (κ3) is 3.84. The molecule has 0 aromatic heterocycles. The SMILES string of the molecule is C/C=C1\C(=C/CC)c2ccccc2C1COC(O)N1C[C@H](O)C[C@H]1C(=O)O. The molecule has 1 aliphatic carbocycles. The third-order valence-electron chi connectivity index (χ3n) is 5.33. The van der Waals surface area contributed by atoms with Gasteiger partial charge in [0.15, 0.2) is 0 Å². The number of aliphatic hydroxyl groups is 2. The zero-order valence-electron chi connectivity index (χ0n) is 15.7. The van der Waals surface area contributed by atoms with Crippen molar-refractivity contribution < 1.29 is 24.9 Å². The maximum Gasteiger partial charge on any atom is 0.321 e. The molecule has 6 heteroatoms. The summed E-state index contributed by atoms with van der Waals surface area (Å²) in [5.74, 6) is -1.09. The van der Waals surface area contributed by atoms with Crippen molar-refractivity contribution in [2.75, 3.05) is 13.2 Å². The lowest BCUT2D eigenvalue weighted by atomic mass is 9.97. The van der Waals surface area contributed by atoms with Gasteiger partial charge < -0.3 is 20.1 Å². The van der Waals surface area contributed by atoms with Gasteiger partial charge >= 0.3 is 5.97 Å². The molecule has 1 aliphatic heterocycles. The molecule has 1 fully saturated rings. The van der Waals surface area contributed by atoms with Crippen molar-refractivity contribution in [1.29, 1.82) is 0 Å². The van der Waals surface area contributed by atoms with E-state index in [1.807, 2.05) is 19.1 Å². The summed E-state index contributed by atoms with van der Waals surface area (Å²) in [6, 6.07) is 7.21. The topological polar surface area (TPSA) is 90.2 Å². The molecule has 1 aromatic rings. The number of ether oxygens (including phenoxy) is 1. The van der Waals surface area contributed by atoms with Crippen LogP contribution in [0.4, 0.5) is 0 Å². The predicted octanol–water partition coefficient (Wildman–Crippen LogP) is 2.34. The Morgan fingerprint density at radius 3 is 2.81 bits per heavy atom. The van der Waals surface area contributed by atoms with Gasteiger partial charge in [-0.3, -0.25) is 4.79 Å². The summed E-state index contributed by atoms with van der Waals surface area (Å²) < 4.78 is 5.69. The molecule has 0 amide bonds. The highest BCUT2D eigenvalue weighted by Crippen LogP contribution is 2.46. The molecule has 4 atom stereocenters. The maximum absolute atomic E-state index is 11.4. The van der Waals surface area contributed by atoms with Crippen molar-refractivity contribution >= 4 is 11.5 Å². The van der Waals surface area contributed by atoms with Crippen molar-refractivity contribution in [2.45, 2.75) is 51.2 Å². The van der Waals surface area contributed by atoms with Crippen LogP contribution in [0.25, 0.3) is 5.57 Å². The Kier molecular flexibility index (Phi) is 6.11. The molecule has 0 spiro atoms. The molecule has 2 unspecified atom stereocenters. The average Bonchev–Trinajstić information content (AvgIpc) is 3.19. The Bertz CT molecular complexity index is 757. The Balaban J connectivity index is 1.77. The second kappa shape index (κ2) is 8.35. The Morgan fingerprint density at radius 1 is 1.41 bits per heavy atom. The summed E-state index contributed by atoms with van der Waals surface area (Å²) in [6.45, 7) is 4.40. The van der Waals surface area contributed by atoms with E-state index in [0.29, 0.717) is 0 Å². The van der Waals surface area contributed by atoms with E-state index in [0.717, 1.165) is 17.6 Å². The standard InChI is InChI=1S/C21H27NO5/c1-3-7-15-14(4-2)18(17-9-6-5-8-16(15)17)12-27-21(26)22-11-13(23)10-19(22)20(24)25/h4-9,13,18-19,21,23,26H,3,10-12H2,1-2H3,(H,24,25)/b14-4+,15-7+/t13-,18?,19+,21?/m1/s1. The lowest BCUT2D eigenvalue weighted by molar-refractivity contribution is -0.204. The second-order valence-electron chi connectivity index (χ2n) is 7.01. The van der Waals surface area contributed by atoms with E-state index < -0.39 is 24.5 Å². The fourth-order valence-corrected chi connectivity index (χ4v) is 4.13. The highest BCUT2D eigenvalue weighted by Gasteiger charge is 2.40. The molecule has 0 saturated carbocycles. The van der Waals surface area contributed by atoms with Crippen LogP contribution < -0.4 is 0 Å². The number of hydrogen-bond donors (Lipinski definition) is 3. The van der Waals surface area contributed by atoms with E-state index in [4.69, 9.17) is 4.74 Å². The number of benzene rings is 1. The number of carboxylic acid groups (broad SMARTS) is 1. The molecule has 6 nitrogen and oxygen atoms in total. The van der Waals surface area contributed by atoms with Gasteiger partial charge in [-0.25, -0.2) is 4.90 Å². The van der Waals surface area contributed by atoms with Crippen LogP contribution in [-0.2, 0) is 9.53 Å². The fourth-order valence-electron chi connectivity index (χ4n) is 4.13. The molecule has 3 N–H and O–H groups in total. The van der Waals surface area contributed by atoms with Crippen molar-refractivity contribution in [3.63, 3.8) is 0 Å². The zero-order valence-corrected chi connectivity index (χ0v) is 15.7. The summed E-state index contributed by atoms with van der Waals surface area (Å²) >= 11 is 0. The van der Waals surface area contributed by atoms with E-state index in [1.165, 1.54) is 16.0 Å². The van der Waals surface area contributed by atoms with Crippen LogP contribution in [0.2, 0.25) is 0 Å². The first-order chi connectivity index (χ1) is 13.0. The second-order valence-corrected chi connectivity index (χ2v) is 7.01. The summed E-state index contributed by atoms with van der Waals surface area (Å²) in [7, 11) is 0. The van der Waals surface area contributed by atoms with Crippen molar-refractivity contribution in [3.05, 3.63) is 53.1 Å². The first-order valence-corrected chi connectivity index (χ1v) is 9.40. The minimum atomic E-state index is -1.37. The first kappa shape index (κ1) is 19.8. The molecule has 0 bridgehead atoms. The smallest absolute Gasteiger partial charge is 0.321 e. The molecule has 1 saturated heterocycles. The Morgan fingerprint density at radius 2 is 2.15 bits per heavy atom. The van der Waals surface area contributed by atoms with Gasteiger partial charge in [0.1, 0.15) is 6.04 Å². The summed E-state index contributed by atoms with van der Waals surface area (Å²) in [5, 5.41) is 29.5. The van der Waals surface area contributed by atoms with E-state index in [1.54, 1.807) is 0 Å². The summed E-state index contributed by atoms with van der Waals surface area (Å²) in [6.07, 6.45) is 3.13. The van der Waals surface area contributed by atoms with Gasteiger partial charge in [0.05, 0.1) is 12.7 Å². The molecular formula is C21H27NO5. The number of rotatable bonds is 6. The van der Waals surface area contributed by atoms with Crippen molar-refractivity contribution in [1.82, 2.24) is 4.90 Å². The minimum Gasteiger partial charge on any atom is -0.480 e. The van der Waals surface area contributed by atoms with Gasteiger partial charge in [-0.2, -0.15) is 0 Å². The molecule has 146 valence electrons. The van der Waals surface area contributed by atoms with Crippen LogP contribution in [0.15, 0.2) is 42.0 Å². The van der Waals surface area contributed by atoms with Gasteiger partial charge in [-0.05, 0) is 35.6 Å². The normalized spacial score (nSPS) is 29.4. The third-order valence-corrected chi connectivity index (χ3v) is 5.33. The number of nitrogens with zero attached hydrogens (tertiary/aromatic N) is 1. The minimum absolute atomic E-state index is 0.0190.